The fourth-order valence-electron chi connectivity index (χ4n) is 5.05. The number of carbonyl (C=O) groups is 2. The van der Waals surface area contributed by atoms with Gasteiger partial charge in [-0.1, -0.05) is 96.2 Å². The van der Waals surface area contributed by atoms with E-state index < -0.39 is 37.8 Å². The Morgan fingerprint density at radius 3 is 1.76 bits per heavy atom. The lowest BCUT2D eigenvalue weighted by atomic mass is 9.85. The molecule has 0 heterocycles. The quantitative estimate of drug-likeness (QED) is 0.225. The molecule has 2 aromatic rings. The fourth-order valence-corrected chi connectivity index (χ4v) is 9.12. The first kappa shape index (κ1) is 25.8. The summed E-state index contributed by atoms with van der Waals surface area (Å²) < 4.78 is 39.3. The molecule has 1 aliphatic carbocycles. The van der Waals surface area contributed by atoms with Gasteiger partial charge in [-0.2, -0.15) is 0 Å². The molecule has 1 aliphatic rings. The number of hydrogen-bond donors (Lipinski definition) is 0. The molecule has 0 bridgehead atoms. The van der Waals surface area contributed by atoms with Gasteiger partial charge in [0.1, 0.15) is 8.07 Å². The molecule has 2 unspecified atom stereocenters. The highest BCUT2D eigenvalue weighted by Gasteiger charge is 2.57. The molecule has 0 spiro atoms. The number of ether oxygens (including phenoxy) is 2. The van der Waals surface area contributed by atoms with E-state index in [4.69, 9.17) is 9.47 Å². The van der Waals surface area contributed by atoms with Crippen molar-refractivity contribution in [2.45, 2.75) is 45.7 Å². The summed E-state index contributed by atoms with van der Waals surface area (Å²) in [6.45, 7) is 7.42. The van der Waals surface area contributed by atoms with Crippen LogP contribution in [-0.2, 0) is 19.1 Å². The monoisotopic (exact) mass is 486 g/mol. The van der Waals surface area contributed by atoms with Crippen LogP contribution in [0.1, 0.15) is 27.2 Å². The Bertz CT molecular complexity index is 966. The van der Waals surface area contributed by atoms with Crippen molar-refractivity contribution in [1.82, 2.24) is 0 Å². The molecule has 182 valence electrons. The van der Waals surface area contributed by atoms with Gasteiger partial charge in [0.2, 0.25) is 6.43 Å². The maximum atomic E-state index is 14.5. The normalized spacial score (nSPS) is 18.3. The first-order valence-electron chi connectivity index (χ1n) is 11.7. The van der Waals surface area contributed by atoms with E-state index in [1.54, 1.807) is 13.8 Å². The van der Waals surface area contributed by atoms with E-state index in [-0.39, 0.29) is 25.2 Å². The van der Waals surface area contributed by atoms with Crippen LogP contribution in [0.15, 0.2) is 72.3 Å². The maximum Gasteiger partial charge on any atom is 0.327 e. The van der Waals surface area contributed by atoms with Crippen LogP contribution >= 0.6 is 0 Å². The van der Waals surface area contributed by atoms with E-state index >= 15 is 0 Å². The van der Waals surface area contributed by atoms with Gasteiger partial charge in [-0.15, -0.1) is 0 Å². The number of allylic oxidation sites excluding steroid dienone is 1. The van der Waals surface area contributed by atoms with Crippen LogP contribution in [0, 0.1) is 11.3 Å². The van der Waals surface area contributed by atoms with Crippen LogP contribution in [0.3, 0.4) is 0 Å². The molecule has 7 heteroatoms. The third kappa shape index (κ3) is 4.58. The van der Waals surface area contributed by atoms with Crippen LogP contribution < -0.4 is 10.4 Å². The highest BCUT2D eigenvalue weighted by atomic mass is 28.3. The number of alkyl halides is 2. The molecule has 0 saturated carbocycles. The van der Waals surface area contributed by atoms with E-state index in [0.29, 0.717) is 5.57 Å². The van der Waals surface area contributed by atoms with E-state index in [0.717, 1.165) is 10.4 Å². The number of carbonyl (C=O) groups excluding carboxylic acids is 2. The van der Waals surface area contributed by atoms with Gasteiger partial charge in [0, 0.05) is 5.92 Å². The minimum absolute atomic E-state index is 0.0402. The SMILES string of the molecule is CCOC(=O)C1(C(=O)OCC)C=C(C(C)[Si](C)(c2ccccc2)c2ccccc2)C(C(F)F)C1. The second-order valence-electron chi connectivity index (χ2n) is 8.86. The van der Waals surface area contributed by atoms with Crippen LogP contribution in [0.2, 0.25) is 12.1 Å². The number of esters is 2. The van der Waals surface area contributed by atoms with Gasteiger partial charge in [0.15, 0.2) is 5.41 Å². The van der Waals surface area contributed by atoms with Gasteiger partial charge in [0.25, 0.3) is 0 Å². The molecule has 2 aromatic carbocycles. The minimum Gasteiger partial charge on any atom is -0.465 e. The van der Waals surface area contributed by atoms with Crippen molar-refractivity contribution < 1.29 is 27.8 Å². The van der Waals surface area contributed by atoms with Crippen LogP contribution in [-0.4, -0.2) is 39.7 Å². The fraction of sp³-hybridized carbons (Fsp3) is 0.407. The highest BCUT2D eigenvalue weighted by molar-refractivity contribution is 7.02. The summed E-state index contributed by atoms with van der Waals surface area (Å²) in [5.41, 5.74) is -1.75. The smallest absolute Gasteiger partial charge is 0.327 e. The van der Waals surface area contributed by atoms with Crippen molar-refractivity contribution in [3.05, 3.63) is 72.3 Å². The Hall–Kier alpha value is -2.80. The van der Waals surface area contributed by atoms with E-state index in [9.17, 15) is 18.4 Å². The topological polar surface area (TPSA) is 52.6 Å². The standard InChI is InChI=1S/C27H32F2O4Si/c1-5-32-25(30)27(26(31)33-6-2)17-22(23(18-27)24(28)29)19(3)34(4,20-13-9-7-10-14-20)21-15-11-8-12-16-21/h7-17,19,23-24H,5-6,18H2,1-4H3. The Morgan fingerprint density at radius 1 is 0.941 bits per heavy atom. The summed E-state index contributed by atoms with van der Waals surface area (Å²) in [5.74, 6) is -2.91. The first-order valence-corrected chi connectivity index (χ1v) is 14.3. The van der Waals surface area contributed by atoms with Gasteiger partial charge in [-0.05, 0) is 25.8 Å². The molecule has 0 amide bonds. The molecule has 2 atom stereocenters. The zero-order valence-corrected chi connectivity index (χ0v) is 21.1. The van der Waals surface area contributed by atoms with E-state index in [1.807, 2.05) is 67.6 Å². The molecular formula is C27H32F2O4Si. The summed E-state index contributed by atoms with van der Waals surface area (Å²) >= 11 is 0. The van der Waals surface area contributed by atoms with Crippen LogP contribution in [0.25, 0.3) is 0 Å². The van der Waals surface area contributed by atoms with Crippen molar-refractivity contribution in [2.24, 2.45) is 11.3 Å². The molecule has 0 saturated heterocycles. The molecule has 34 heavy (non-hydrogen) atoms. The van der Waals surface area contributed by atoms with Crippen molar-refractivity contribution in [2.75, 3.05) is 13.2 Å². The Morgan fingerprint density at radius 2 is 1.38 bits per heavy atom. The summed E-state index contributed by atoms with van der Waals surface area (Å²) in [6.07, 6.45) is -1.64. The number of halogens is 2. The average Bonchev–Trinajstić information content (AvgIpc) is 3.27. The predicted molar refractivity (Wildman–Crippen MR) is 131 cm³/mol. The maximum absolute atomic E-state index is 14.5. The second kappa shape index (κ2) is 10.6. The molecule has 0 fully saturated rings. The van der Waals surface area contributed by atoms with Gasteiger partial charge in [-0.25, -0.2) is 8.78 Å². The largest absolute Gasteiger partial charge is 0.465 e. The van der Waals surface area contributed by atoms with Gasteiger partial charge >= 0.3 is 11.9 Å². The lowest BCUT2D eigenvalue weighted by Gasteiger charge is -2.37. The lowest BCUT2D eigenvalue weighted by molar-refractivity contribution is -0.168. The zero-order valence-electron chi connectivity index (χ0n) is 20.1. The molecule has 0 aliphatic heterocycles. The number of rotatable bonds is 9. The lowest BCUT2D eigenvalue weighted by Crippen LogP contribution is -2.59. The Balaban J connectivity index is 2.21. The summed E-state index contributed by atoms with van der Waals surface area (Å²) in [6, 6.07) is 19.8. The first-order chi connectivity index (χ1) is 16.2. The van der Waals surface area contributed by atoms with Gasteiger partial charge < -0.3 is 9.47 Å². The molecular weight excluding hydrogens is 454 g/mol. The number of hydrogen-bond acceptors (Lipinski definition) is 4. The Labute approximate surface area is 201 Å². The van der Waals surface area contributed by atoms with Crippen molar-refractivity contribution in [3.63, 3.8) is 0 Å². The highest BCUT2D eigenvalue weighted by Crippen LogP contribution is 2.50. The second-order valence-corrected chi connectivity index (χ2v) is 13.3. The molecule has 0 aromatic heterocycles. The summed E-state index contributed by atoms with van der Waals surface area (Å²) in [4.78, 5) is 26.0. The predicted octanol–water partition coefficient (Wildman–Crippen LogP) is 4.59. The third-order valence-electron chi connectivity index (χ3n) is 7.08. The average molecular weight is 487 g/mol. The van der Waals surface area contributed by atoms with Crippen molar-refractivity contribution in [1.29, 1.82) is 0 Å². The van der Waals surface area contributed by atoms with Gasteiger partial charge in [-0.3, -0.25) is 9.59 Å². The molecule has 4 nitrogen and oxygen atoms in total. The number of benzene rings is 2. The zero-order chi connectivity index (χ0) is 24.9. The van der Waals surface area contributed by atoms with E-state index in [1.165, 1.54) is 6.08 Å². The van der Waals surface area contributed by atoms with Crippen molar-refractivity contribution in [3.8, 4) is 0 Å². The summed E-state index contributed by atoms with van der Waals surface area (Å²) in [7, 11) is -2.63. The molecule has 0 N–H and O–H groups in total. The summed E-state index contributed by atoms with van der Waals surface area (Å²) in [5, 5.41) is 2.18. The van der Waals surface area contributed by atoms with Crippen LogP contribution in [0.5, 0.6) is 0 Å². The van der Waals surface area contributed by atoms with E-state index in [2.05, 4.69) is 6.55 Å². The molecule has 0 radical (unpaired) electrons. The minimum atomic E-state index is -2.73. The Kier molecular flexibility index (Phi) is 8.07. The van der Waals surface area contributed by atoms with Crippen LogP contribution in [0.4, 0.5) is 8.78 Å². The molecule has 3 rings (SSSR count). The van der Waals surface area contributed by atoms with Crippen molar-refractivity contribution >= 4 is 30.4 Å². The third-order valence-corrected chi connectivity index (χ3v) is 12.2. The van der Waals surface area contributed by atoms with Gasteiger partial charge in [0.05, 0.1) is 13.2 Å².